The first-order chi connectivity index (χ1) is 9.74. The highest BCUT2D eigenvalue weighted by Crippen LogP contribution is 2.28. The van der Waals surface area contributed by atoms with E-state index in [2.05, 4.69) is 11.9 Å². The molecule has 1 aromatic heterocycles. The van der Waals surface area contributed by atoms with Crippen molar-refractivity contribution in [1.29, 1.82) is 0 Å². The molecule has 0 radical (unpaired) electrons. The van der Waals surface area contributed by atoms with Crippen molar-refractivity contribution in [2.75, 3.05) is 5.73 Å². The summed E-state index contributed by atoms with van der Waals surface area (Å²) in [6.45, 7) is 2.96. The van der Waals surface area contributed by atoms with E-state index in [1.807, 2.05) is 30.5 Å². The zero-order valence-corrected chi connectivity index (χ0v) is 12.0. The molecule has 1 aliphatic rings. The average molecular weight is 270 g/mol. The third kappa shape index (κ3) is 2.78. The Bertz CT molecular complexity index is 589. The van der Waals surface area contributed by atoms with E-state index in [1.165, 1.54) is 25.7 Å². The van der Waals surface area contributed by atoms with Crippen molar-refractivity contribution in [3.8, 4) is 0 Å². The van der Waals surface area contributed by atoms with Gasteiger partial charge in [-0.05, 0) is 49.8 Å². The highest BCUT2D eigenvalue weighted by Gasteiger charge is 2.19. The van der Waals surface area contributed by atoms with Gasteiger partial charge < -0.3 is 10.5 Å². The number of rotatable bonds is 3. The molecule has 0 aliphatic heterocycles. The minimum Gasteiger partial charge on any atom is -0.398 e. The smallest absolute Gasteiger partial charge is 0.0777 e. The molecule has 0 amide bonds. The van der Waals surface area contributed by atoms with Crippen LogP contribution in [0.3, 0.4) is 0 Å². The second-order valence-corrected chi connectivity index (χ2v) is 5.91. The predicted octanol–water partition coefficient (Wildman–Crippen LogP) is 3.91. The molecule has 2 aromatic rings. The minimum atomic E-state index is 0.405. The minimum absolute atomic E-state index is 0.405. The number of fused-ring (bicyclic) bond motifs is 1. The predicted molar refractivity (Wildman–Crippen MR) is 82.4 cm³/mol. The van der Waals surface area contributed by atoms with Crippen LogP contribution in [0.4, 0.5) is 5.69 Å². The summed E-state index contributed by atoms with van der Waals surface area (Å²) in [6, 6.07) is 7.93. The summed E-state index contributed by atoms with van der Waals surface area (Å²) in [5, 5.41) is 1.02. The van der Waals surface area contributed by atoms with Gasteiger partial charge in [0.15, 0.2) is 0 Å². The van der Waals surface area contributed by atoms with Crippen molar-refractivity contribution in [3.63, 3.8) is 0 Å². The molecule has 1 aliphatic carbocycles. The molecule has 1 fully saturated rings. The lowest BCUT2D eigenvalue weighted by molar-refractivity contribution is 0.00923. The van der Waals surface area contributed by atoms with E-state index >= 15 is 0 Å². The molecule has 2 N–H and O–H groups in total. The molecule has 106 valence electrons. The number of anilines is 1. The summed E-state index contributed by atoms with van der Waals surface area (Å²) < 4.78 is 6.08. The molecular formula is C17H22N2O. The summed E-state index contributed by atoms with van der Waals surface area (Å²) in [5.74, 6) is 0.855. The molecule has 0 saturated heterocycles. The van der Waals surface area contributed by atoms with Gasteiger partial charge in [0, 0.05) is 22.8 Å². The first-order valence-corrected chi connectivity index (χ1v) is 7.47. The maximum atomic E-state index is 6.08. The van der Waals surface area contributed by atoms with E-state index < -0.39 is 0 Å². The topological polar surface area (TPSA) is 48.1 Å². The Morgan fingerprint density at radius 1 is 1.20 bits per heavy atom. The summed E-state index contributed by atoms with van der Waals surface area (Å²) in [4.78, 5) is 4.46. The maximum absolute atomic E-state index is 6.08. The zero-order chi connectivity index (χ0) is 13.9. The van der Waals surface area contributed by atoms with Crippen LogP contribution in [0, 0.1) is 5.92 Å². The number of hydrogen-bond donors (Lipinski definition) is 1. The van der Waals surface area contributed by atoms with Crippen LogP contribution in [-0.2, 0) is 11.3 Å². The highest BCUT2D eigenvalue weighted by atomic mass is 16.5. The lowest BCUT2D eigenvalue weighted by atomic mass is 9.89. The molecular weight excluding hydrogens is 248 g/mol. The number of ether oxygens (including phenoxy) is 1. The van der Waals surface area contributed by atoms with Crippen molar-refractivity contribution >= 4 is 16.6 Å². The molecule has 1 aromatic carbocycles. The van der Waals surface area contributed by atoms with Crippen LogP contribution < -0.4 is 5.73 Å². The second kappa shape index (κ2) is 5.80. The summed E-state index contributed by atoms with van der Waals surface area (Å²) in [7, 11) is 0. The summed E-state index contributed by atoms with van der Waals surface area (Å²) >= 11 is 0. The maximum Gasteiger partial charge on any atom is 0.0777 e. The SMILES string of the molecule is CC1CCC(OCc2ccc(N)c3cccnc23)CC1. The van der Waals surface area contributed by atoms with E-state index in [9.17, 15) is 0 Å². The fraction of sp³-hybridized carbons (Fsp3) is 0.471. The van der Waals surface area contributed by atoms with Crippen LogP contribution in [0.5, 0.6) is 0 Å². The van der Waals surface area contributed by atoms with Crippen molar-refractivity contribution in [2.45, 2.75) is 45.3 Å². The van der Waals surface area contributed by atoms with Crippen molar-refractivity contribution < 1.29 is 4.74 Å². The number of pyridine rings is 1. The molecule has 20 heavy (non-hydrogen) atoms. The Kier molecular flexibility index (Phi) is 3.88. The van der Waals surface area contributed by atoms with Gasteiger partial charge in [0.1, 0.15) is 0 Å². The van der Waals surface area contributed by atoms with Gasteiger partial charge in [-0.3, -0.25) is 4.98 Å². The number of hydrogen-bond acceptors (Lipinski definition) is 3. The molecule has 1 heterocycles. The molecule has 0 bridgehead atoms. The second-order valence-electron chi connectivity index (χ2n) is 5.91. The number of aromatic nitrogens is 1. The van der Waals surface area contributed by atoms with Gasteiger partial charge in [-0.15, -0.1) is 0 Å². The Morgan fingerprint density at radius 2 is 2.00 bits per heavy atom. The van der Waals surface area contributed by atoms with Crippen molar-refractivity contribution in [1.82, 2.24) is 4.98 Å². The van der Waals surface area contributed by atoms with Gasteiger partial charge in [-0.2, -0.15) is 0 Å². The Balaban J connectivity index is 1.73. The quantitative estimate of drug-likeness (QED) is 0.860. The Morgan fingerprint density at radius 3 is 2.80 bits per heavy atom. The van der Waals surface area contributed by atoms with Crippen LogP contribution in [0.1, 0.15) is 38.2 Å². The van der Waals surface area contributed by atoms with Gasteiger partial charge in [-0.1, -0.05) is 13.0 Å². The first kappa shape index (κ1) is 13.4. The van der Waals surface area contributed by atoms with Gasteiger partial charge >= 0.3 is 0 Å². The number of nitrogens with zero attached hydrogens (tertiary/aromatic N) is 1. The van der Waals surface area contributed by atoms with E-state index in [1.54, 1.807) is 0 Å². The molecule has 0 unspecified atom stereocenters. The van der Waals surface area contributed by atoms with Crippen LogP contribution in [0.2, 0.25) is 0 Å². The number of nitrogen functional groups attached to an aromatic ring is 1. The van der Waals surface area contributed by atoms with E-state index in [-0.39, 0.29) is 0 Å². The molecule has 3 rings (SSSR count). The van der Waals surface area contributed by atoms with Gasteiger partial charge in [0.25, 0.3) is 0 Å². The van der Waals surface area contributed by atoms with E-state index in [0.29, 0.717) is 12.7 Å². The molecule has 0 spiro atoms. The number of nitrogens with two attached hydrogens (primary N) is 1. The molecule has 1 saturated carbocycles. The fourth-order valence-corrected chi connectivity index (χ4v) is 2.97. The number of benzene rings is 1. The van der Waals surface area contributed by atoms with E-state index in [4.69, 9.17) is 10.5 Å². The average Bonchev–Trinajstić information content (AvgIpc) is 2.49. The molecule has 0 atom stereocenters. The Hall–Kier alpha value is -1.61. The largest absolute Gasteiger partial charge is 0.398 e. The van der Waals surface area contributed by atoms with E-state index in [0.717, 1.165) is 28.1 Å². The standard InChI is InChI=1S/C17H22N2O/c1-12-4-7-14(8-5-12)20-11-13-6-9-16(18)15-3-2-10-19-17(13)15/h2-3,6,9-10,12,14H,4-5,7-8,11,18H2,1H3. The van der Waals surface area contributed by atoms with Gasteiger partial charge in [-0.25, -0.2) is 0 Å². The van der Waals surface area contributed by atoms with Crippen LogP contribution in [0.15, 0.2) is 30.5 Å². The molecule has 3 heteroatoms. The third-order valence-electron chi connectivity index (χ3n) is 4.32. The van der Waals surface area contributed by atoms with Crippen LogP contribution >= 0.6 is 0 Å². The monoisotopic (exact) mass is 270 g/mol. The van der Waals surface area contributed by atoms with Gasteiger partial charge in [0.05, 0.1) is 18.2 Å². The zero-order valence-electron chi connectivity index (χ0n) is 12.0. The van der Waals surface area contributed by atoms with Crippen LogP contribution in [0.25, 0.3) is 10.9 Å². The summed E-state index contributed by atoms with van der Waals surface area (Å²) in [6.07, 6.45) is 7.15. The van der Waals surface area contributed by atoms with Crippen LogP contribution in [-0.4, -0.2) is 11.1 Å². The normalized spacial score (nSPS) is 23.1. The van der Waals surface area contributed by atoms with Crippen molar-refractivity contribution in [2.24, 2.45) is 5.92 Å². The third-order valence-corrected chi connectivity index (χ3v) is 4.32. The fourth-order valence-electron chi connectivity index (χ4n) is 2.97. The van der Waals surface area contributed by atoms with Gasteiger partial charge in [0.2, 0.25) is 0 Å². The summed E-state index contributed by atoms with van der Waals surface area (Å²) in [5.41, 5.74) is 8.88. The Labute approximate surface area is 120 Å². The lowest BCUT2D eigenvalue weighted by Gasteiger charge is -2.26. The molecule has 3 nitrogen and oxygen atoms in total. The lowest BCUT2D eigenvalue weighted by Crippen LogP contribution is -2.20. The first-order valence-electron chi connectivity index (χ1n) is 7.47. The highest BCUT2D eigenvalue weighted by molar-refractivity contribution is 5.92. The van der Waals surface area contributed by atoms with Crippen molar-refractivity contribution in [3.05, 3.63) is 36.0 Å².